The quantitative estimate of drug-likeness (QED) is 0.395. The first-order valence-corrected chi connectivity index (χ1v) is 8.47. The van der Waals surface area contributed by atoms with Crippen molar-refractivity contribution < 1.29 is 9.47 Å². The van der Waals surface area contributed by atoms with Gasteiger partial charge in [0.05, 0.1) is 19.7 Å². The van der Waals surface area contributed by atoms with Gasteiger partial charge in [0.15, 0.2) is 5.96 Å². The van der Waals surface area contributed by atoms with Crippen molar-refractivity contribution in [2.75, 3.05) is 33.9 Å². The second kappa shape index (κ2) is 9.05. The second-order valence-corrected chi connectivity index (χ2v) is 5.48. The number of aromatic nitrogens is 1. The molecule has 2 aromatic rings. The Bertz CT molecular complexity index is 671. The van der Waals surface area contributed by atoms with Gasteiger partial charge in [-0.05, 0) is 32.8 Å². The van der Waals surface area contributed by atoms with Gasteiger partial charge in [0.2, 0.25) is 0 Å². The minimum absolute atomic E-state index is 0.783. The molecule has 6 nitrogen and oxygen atoms in total. The van der Waals surface area contributed by atoms with Crippen molar-refractivity contribution in [1.29, 1.82) is 0 Å². The Balaban J connectivity index is 2.01. The van der Waals surface area contributed by atoms with Crippen LogP contribution in [0.2, 0.25) is 0 Å². The number of H-pyrrole nitrogens is 1. The smallest absolute Gasteiger partial charge is 0.191 e. The molecule has 0 saturated heterocycles. The third-order valence-electron chi connectivity index (χ3n) is 3.75. The molecule has 0 bridgehead atoms. The number of methoxy groups -OCH3 is 2. The van der Waals surface area contributed by atoms with Crippen LogP contribution >= 0.6 is 0 Å². The van der Waals surface area contributed by atoms with Gasteiger partial charge in [-0.2, -0.15) is 0 Å². The summed E-state index contributed by atoms with van der Waals surface area (Å²) in [5.74, 6) is 2.49. The molecule has 1 aromatic carbocycles. The van der Waals surface area contributed by atoms with Crippen LogP contribution < -0.4 is 20.1 Å². The second-order valence-electron chi connectivity index (χ2n) is 5.48. The number of rotatable bonds is 8. The Hall–Kier alpha value is -2.37. The summed E-state index contributed by atoms with van der Waals surface area (Å²) in [4.78, 5) is 8.01. The molecule has 0 radical (unpaired) electrons. The van der Waals surface area contributed by atoms with Crippen LogP contribution in [0.1, 0.15) is 26.0 Å². The van der Waals surface area contributed by atoms with Gasteiger partial charge in [-0.1, -0.05) is 0 Å². The monoisotopic (exact) mass is 332 g/mol. The number of benzene rings is 1. The van der Waals surface area contributed by atoms with Crippen molar-refractivity contribution >= 4 is 16.9 Å². The van der Waals surface area contributed by atoms with Crippen molar-refractivity contribution in [3.63, 3.8) is 0 Å². The van der Waals surface area contributed by atoms with Crippen LogP contribution in [-0.4, -0.2) is 44.8 Å². The van der Waals surface area contributed by atoms with Crippen molar-refractivity contribution in [1.82, 2.24) is 15.6 Å². The number of aromatic amines is 1. The molecule has 1 aromatic heterocycles. The van der Waals surface area contributed by atoms with Crippen LogP contribution in [0.15, 0.2) is 23.2 Å². The first-order valence-electron chi connectivity index (χ1n) is 8.47. The van der Waals surface area contributed by atoms with Gasteiger partial charge in [0.25, 0.3) is 0 Å². The van der Waals surface area contributed by atoms with Gasteiger partial charge < -0.3 is 25.1 Å². The molecule has 0 atom stereocenters. The van der Waals surface area contributed by atoms with E-state index in [2.05, 4.69) is 40.5 Å². The zero-order chi connectivity index (χ0) is 17.4. The molecule has 6 heteroatoms. The Morgan fingerprint density at radius 3 is 2.46 bits per heavy atom. The molecule has 1 heterocycles. The molecule has 132 valence electrons. The van der Waals surface area contributed by atoms with Gasteiger partial charge in [0, 0.05) is 42.8 Å². The molecule has 0 saturated carbocycles. The van der Waals surface area contributed by atoms with Crippen LogP contribution in [-0.2, 0) is 6.42 Å². The van der Waals surface area contributed by atoms with Gasteiger partial charge in [-0.15, -0.1) is 0 Å². The molecule has 0 aliphatic rings. The number of guanidine groups is 1. The highest BCUT2D eigenvalue weighted by Crippen LogP contribution is 2.31. The molecule has 0 fully saturated rings. The van der Waals surface area contributed by atoms with Crippen molar-refractivity contribution in [2.45, 2.75) is 26.7 Å². The number of aryl methyl sites for hydroxylation is 1. The summed E-state index contributed by atoms with van der Waals surface area (Å²) in [6, 6.07) is 6.05. The van der Waals surface area contributed by atoms with Crippen LogP contribution in [0.25, 0.3) is 10.9 Å². The van der Waals surface area contributed by atoms with Gasteiger partial charge in [-0.3, -0.25) is 4.99 Å². The van der Waals surface area contributed by atoms with Crippen molar-refractivity contribution in [3.8, 4) is 11.5 Å². The van der Waals surface area contributed by atoms with Gasteiger partial charge >= 0.3 is 0 Å². The predicted octanol–water partition coefficient (Wildman–Crippen LogP) is 2.69. The lowest BCUT2D eigenvalue weighted by Gasteiger charge is -2.08. The fourth-order valence-corrected chi connectivity index (χ4v) is 2.63. The highest BCUT2D eigenvalue weighted by molar-refractivity contribution is 5.88. The average Bonchev–Trinajstić information content (AvgIpc) is 3.00. The summed E-state index contributed by atoms with van der Waals surface area (Å²) in [7, 11) is 3.34. The SMILES string of the molecule is CCNC(=NCCCc1cc2c(OC)cc(OC)cc2[nH]1)NCC. The lowest BCUT2D eigenvalue weighted by atomic mass is 10.2. The summed E-state index contributed by atoms with van der Waals surface area (Å²) in [5.41, 5.74) is 2.21. The van der Waals surface area contributed by atoms with Crippen molar-refractivity contribution in [2.24, 2.45) is 4.99 Å². The molecule has 0 spiro atoms. The van der Waals surface area contributed by atoms with E-state index >= 15 is 0 Å². The Morgan fingerprint density at radius 1 is 1.08 bits per heavy atom. The third-order valence-corrected chi connectivity index (χ3v) is 3.75. The summed E-state index contributed by atoms with van der Waals surface area (Å²) in [5, 5.41) is 7.55. The van der Waals surface area contributed by atoms with E-state index in [9.17, 15) is 0 Å². The zero-order valence-corrected chi connectivity index (χ0v) is 15.0. The van der Waals surface area contributed by atoms with Crippen LogP contribution in [0.3, 0.4) is 0 Å². The van der Waals surface area contributed by atoms with Gasteiger partial charge in [0.1, 0.15) is 11.5 Å². The topological polar surface area (TPSA) is 70.7 Å². The van der Waals surface area contributed by atoms with E-state index in [4.69, 9.17) is 9.47 Å². The first kappa shape index (κ1) is 18.0. The predicted molar refractivity (Wildman–Crippen MR) is 99.4 cm³/mol. The average molecular weight is 332 g/mol. The Kier molecular flexibility index (Phi) is 6.78. The van der Waals surface area contributed by atoms with Crippen LogP contribution in [0, 0.1) is 0 Å². The lowest BCUT2D eigenvalue weighted by molar-refractivity contribution is 0.398. The van der Waals surface area contributed by atoms with E-state index < -0.39 is 0 Å². The lowest BCUT2D eigenvalue weighted by Crippen LogP contribution is -2.37. The summed E-state index contributed by atoms with van der Waals surface area (Å²) < 4.78 is 10.8. The third kappa shape index (κ3) is 4.57. The number of fused-ring (bicyclic) bond motifs is 1. The molecule has 3 N–H and O–H groups in total. The number of nitrogens with one attached hydrogen (secondary N) is 3. The fraction of sp³-hybridized carbons (Fsp3) is 0.500. The number of nitrogens with zero attached hydrogens (tertiary/aromatic N) is 1. The van der Waals surface area contributed by atoms with E-state index in [0.717, 1.165) is 60.8 Å². The number of hydrogen-bond donors (Lipinski definition) is 3. The molecular formula is C18H28N4O2. The standard InChI is InChI=1S/C18H28N4O2/c1-5-19-18(20-6-2)21-9-7-8-13-10-15-16(22-13)11-14(23-3)12-17(15)24-4/h10-12,22H,5-9H2,1-4H3,(H2,19,20,21). The summed E-state index contributed by atoms with van der Waals surface area (Å²) in [6.07, 6.45) is 1.92. The molecule has 24 heavy (non-hydrogen) atoms. The molecular weight excluding hydrogens is 304 g/mol. The minimum Gasteiger partial charge on any atom is -0.497 e. The number of aliphatic imine (C=N–C) groups is 1. The molecule has 0 aliphatic carbocycles. The maximum absolute atomic E-state index is 5.46. The highest BCUT2D eigenvalue weighted by Gasteiger charge is 2.09. The first-order chi connectivity index (χ1) is 11.7. The van der Waals surface area contributed by atoms with E-state index in [1.807, 2.05) is 12.1 Å². The van der Waals surface area contributed by atoms with Crippen LogP contribution in [0.4, 0.5) is 0 Å². The van der Waals surface area contributed by atoms with E-state index in [1.54, 1.807) is 14.2 Å². The van der Waals surface area contributed by atoms with E-state index in [-0.39, 0.29) is 0 Å². The summed E-state index contributed by atoms with van der Waals surface area (Å²) in [6.45, 7) is 6.66. The summed E-state index contributed by atoms with van der Waals surface area (Å²) >= 11 is 0. The number of ether oxygens (including phenoxy) is 2. The van der Waals surface area contributed by atoms with E-state index in [1.165, 1.54) is 5.69 Å². The highest BCUT2D eigenvalue weighted by atomic mass is 16.5. The Labute approximate surface area is 143 Å². The normalized spacial score (nSPS) is 10.5. The molecule has 0 aliphatic heterocycles. The Morgan fingerprint density at radius 2 is 1.83 bits per heavy atom. The maximum Gasteiger partial charge on any atom is 0.191 e. The zero-order valence-electron chi connectivity index (χ0n) is 15.0. The molecule has 2 rings (SSSR count). The van der Waals surface area contributed by atoms with E-state index in [0.29, 0.717) is 0 Å². The maximum atomic E-state index is 5.46. The van der Waals surface area contributed by atoms with Gasteiger partial charge in [-0.25, -0.2) is 0 Å². The minimum atomic E-state index is 0.783. The largest absolute Gasteiger partial charge is 0.497 e. The van der Waals surface area contributed by atoms with Crippen LogP contribution in [0.5, 0.6) is 11.5 Å². The fourth-order valence-electron chi connectivity index (χ4n) is 2.63. The van der Waals surface area contributed by atoms with Crippen molar-refractivity contribution in [3.05, 3.63) is 23.9 Å². The molecule has 0 unspecified atom stereocenters. The number of hydrogen-bond acceptors (Lipinski definition) is 3. The molecule has 0 amide bonds.